The number of anilines is 1. The van der Waals surface area contributed by atoms with Crippen LogP contribution < -0.4 is 10.1 Å². The highest BCUT2D eigenvalue weighted by molar-refractivity contribution is 7.15. The zero-order valence-corrected chi connectivity index (χ0v) is 16.1. The molecule has 7 heteroatoms. The van der Waals surface area contributed by atoms with Crippen LogP contribution in [0, 0.1) is 0 Å². The van der Waals surface area contributed by atoms with Crippen molar-refractivity contribution >= 4 is 28.2 Å². The Hall–Kier alpha value is -2.38. The number of carboxylic acid groups (broad SMARTS) is 1. The van der Waals surface area contributed by atoms with Crippen LogP contribution in [0.25, 0.3) is 0 Å². The Morgan fingerprint density at radius 3 is 2.35 bits per heavy atom. The van der Waals surface area contributed by atoms with Crippen molar-refractivity contribution in [2.75, 3.05) is 25.6 Å². The molecule has 0 radical (unpaired) electrons. The smallest absolute Gasteiger partial charge is 0.339 e. The van der Waals surface area contributed by atoms with Gasteiger partial charge in [-0.1, -0.05) is 20.8 Å². The lowest BCUT2D eigenvalue weighted by Crippen LogP contribution is -2.18. The molecule has 0 bridgehead atoms. The second-order valence-corrected chi connectivity index (χ2v) is 7.61. The third-order valence-corrected chi connectivity index (χ3v) is 4.61. The fourth-order valence-electron chi connectivity index (χ4n) is 2.33. The highest BCUT2D eigenvalue weighted by Gasteiger charge is 2.27. The lowest BCUT2D eigenvalue weighted by Gasteiger charge is -2.18. The van der Waals surface area contributed by atoms with E-state index in [4.69, 9.17) is 9.47 Å². The van der Waals surface area contributed by atoms with Gasteiger partial charge in [0.15, 0.2) is 0 Å². The van der Waals surface area contributed by atoms with Crippen molar-refractivity contribution < 1.29 is 24.2 Å². The third kappa shape index (κ3) is 4.83. The van der Waals surface area contributed by atoms with Crippen LogP contribution >= 0.6 is 11.3 Å². The molecule has 2 rings (SSSR count). The fourth-order valence-corrected chi connectivity index (χ4v) is 3.51. The van der Waals surface area contributed by atoms with Gasteiger partial charge in [0, 0.05) is 12.7 Å². The summed E-state index contributed by atoms with van der Waals surface area (Å²) in [6.07, 6.45) is 0. The van der Waals surface area contributed by atoms with Gasteiger partial charge in [0.1, 0.15) is 17.4 Å². The summed E-state index contributed by atoms with van der Waals surface area (Å²) in [7, 11) is 1.60. The van der Waals surface area contributed by atoms with E-state index in [1.165, 1.54) is 11.3 Å². The van der Waals surface area contributed by atoms with Crippen molar-refractivity contribution in [3.63, 3.8) is 0 Å². The molecule has 2 N–H and O–H groups in total. The normalized spacial score (nSPS) is 11.2. The van der Waals surface area contributed by atoms with Crippen LogP contribution in [0.15, 0.2) is 29.6 Å². The topological polar surface area (TPSA) is 84.9 Å². The van der Waals surface area contributed by atoms with Gasteiger partial charge in [0.05, 0.1) is 12.2 Å². The number of hydrogen-bond donors (Lipinski definition) is 2. The fraction of sp³-hybridized carbons (Fsp3) is 0.368. The molecule has 1 amide bonds. The van der Waals surface area contributed by atoms with Crippen LogP contribution in [0.4, 0.5) is 5.00 Å². The largest absolute Gasteiger partial charge is 0.491 e. The Balaban J connectivity index is 2.15. The molecule has 0 unspecified atom stereocenters. The van der Waals surface area contributed by atoms with Gasteiger partial charge in [-0.3, -0.25) is 4.79 Å². The average Bonchev–Trinajstić information content (AvgIpc) is 3.00. The van der Waals surface area contributed by atoms with Gasteiger partial charge in [-0.05, 0) is 40.6 Å². The van der Waals surface area contributed by atoms with Crippen molar-refractivity contribution in [1.29, 1.82) is 0 Å². The van der Waals surface area contributed by atoms with Gasteiger partial charge in [-0.25, -0.2) is 4.79 Å². The number of methoxy groups -OCH3 is 1. The summed E-state index contributed by atoms with van der Waals surface area (Å²) in [5, 5.41) is 14.4. The summed E-state index contributed by atoms with van der Waals surface area (Å²) in [4.78, 5) is 24.1. The zero-order valence-electron chi connectivity index (χ0n) is 15.3. The summed E-state index contributed by atoms with van der Waals surface area (Å²) in [5.74, 6) is -0.775. The van der Waals surface area contributed by atoms with Crippen LogP contribution in [0.3, 0.4) is 0 Å². The predicted molar refractivity (Wildman–Crippen MR) is 102 cm³/mol. The number of thiophene rings is 1. The van der Waals surface area contributed by atoms with E-state index in [-0.39, 0.29) is 16.9 Å². The van der Waals surface area contributed by atoms with Crippen LogP contribution in [0.1, 0.15) is 47.1 Å². The van der Waals surface area contributed by atoms with Gasteiger partial charge in [-0.2, -0.15) is 0 Å². The van der Waals surface area contributed by atoms with Crippen LogP contribution in [-0.4, -0.2) is 37.3 Å². The first-order valence-electron chi connectivity index (χ1n) is 8.12. The number of benzene rings is 1. The molecule has 0 aliphatic heterocycles. The van der Waals surface area contributed by atoms with E-state index in [0.717, 1.165) is 0 Å². The number of carbonyl (C=O) groups excluding carboxylic acids is 1. The predicted octanol–water partition coefficient (Wildman–Crippen LogP) is 4.02. The Bertz CT molecular complexity index is 774. The first-order valence-corrected chi connectivity index (χ1v) is 9.00. The molecule has 0 spiro atoms. The minimum atomic E-state index is -1.05. The number of hydrogen-bond acceptors (Lipinski definition) is 5. The number of carbonyl (C=O) groups is 2. The third-order valence-electron chi connectivity index (χ3n) is 3.71. The van der Waals surface area contributed by atoms with E-state index in [2.05, 4.69) is 5.32 Å². The van der Waals surface area contributed by atoms with Crippen molar-refractivity contribution in [1.82, 2.24) is 0 Å². The maximum absolute atomic E-state index is 12.5. The van der Waals surface area contributed by atoms with Crippen molar-refractivity contribution in [3.05, 3.63) is 46.3 Å². The van der Waals surface area contributed by atoms with Gasteiger partial charge >= 0.3 is 5.97 Å². The monoisotopic (exact) mass is 377 g/mol. The Morgan fingerprint density at radius 1 is 1.15 bits per heavy atom. The minimum Gasteiger partial charge on any atom is -0.491 e. The minimum absolute atomic E-state index is 0.148. The molecule has 6 nitrogen and oxygen atoms in total. The Kier molecular flexibility index (Phi) is 6.39. The molecule has 2 aromatic rings. The van der Waals surface area contributed by atoms with E-state index in [0.29, 0.717) is 35.1 Å². The summed E-state index contributed by atoms with van der Waals surface area (Å²) in [5.41, 5.74) is 0.947. The van der Waals surface area contributed by atoms with Crippen LogP contribution in [0.5, 0.6) is 5.75 Å². The SMILES string of the molecule is COCCOc1ccc(C(=O)Nc2scc(C(C)(C)C)c2C(=O)O)cc1. The molecule has 1 heterocycles. The molecule has 0 aliphatic carbocycles. The summed E-state index contributed by atoms with van der Waals surface area (Å²) in [6.45, 7) is 6.73. The lowest BCUT2D eigenvalue weighted by molar-refractivity contribution is 0.0696. The average molecular weight is 377 g/mol. The van der Waals surface area contributed by atoms with E-state index in [1.807, 2.05) is 20.8 Å². The summed E-state index contributed by atoms with van der Waals surface area (Å²) < 4.78 is 10.4. The van der Waals surface area contributed by atoms with E-state index in [1.54, 1.807) is 36.8 Å². The van der Waals surface area contributed by atoms with E-state index in [9.17, 15) is 14.7 Å². The van der Waals surface area contributed by atoms with Gasteiger partial charge in [0.25, 0.3) is 5.91 Å². The summed E-state index contributed by atoms with van der Waals surface area (Å²) in [6, 6.07) is 6.65. The van der Waals surface area contributed by atoms with E-state index < -0.39 is 5.97 Å². The molecule has 26 heavy (non-hydrogen) atoms. The first-order chi connectivity index (χ1) is 12.2. The number of amides is 1. The second kappa shape index (κ2) is 8.33. The molecule has 0 saturated heterocycles. The molecule has 0 aliphatic rings. The maximum Gasteiger partial charge on any atom is 0.339 e. The summed E-state index contributed by atoms with van der Waals surface area (Å²) >= 11 is 1.22. The second-order valence-electron chi connectivity index (χ2n) is 6.73. The molecule has 0 saturated carbocycles. The van der Waals surface area contributed by atoms with E-state index >= 15 is 0 Å². The zero-order chi connectivity index (χ0) is 19.3. The molecular formula is C19H23NO5S. The molecular weight excluding hydrogens is 354 g/mol. The Morgan fingerprint density at radius 2 is 1.81 bits per heavy atom. The number of ether oxygens (including phenoxy) is 2. The molecule has 0 atom stereocenters. The molecule has 140 valence electrons. The lowest BCUT2D eigenvalue weighted by atomic mass is 9.86. The van der Waals surface area contributed by atoms with Crippen LogP contribution in [0.2, 0.25) is 0 Å². The van der Waals surface area contributed by atoms with Crippen molar-refractivity contribution in [2.45, 2.75) is 26.2 Å². The first kappa shape index (κ1) is 19.9. The van der Waals surface area contributed by atoms with Gasteiger partial charge in [-0.15, -0.1) is 11.3 Å². The standard InChI is InChI=1S/C19H23NO5S/c1-19(2,3)14-11-26-17(15(14)18(22)23)20-16(21)12-5-7-13(8-6-12)25-10-9-24-4/h5-8,11H,9-10H2,1-4H3,(H,20,21)(H,22,23). The number of carboxylic acids is 1. The van der Waals surface area contributed by atoms with Gasteiger partial charge < -0.3 is 19.9 Å². The van der Waals surface area contributed by atoms with Gasteiger partial charge in [0.2, 0.25) is 0 Å². The van der Waals surface area contributed by atoms with Crippen molar-refractivity contribution in [3.8, 4) is 5.75 Å². The van der Waals surface area contributed by atoms with Crippen LogP contribution in [-0.2, 0) is 10.2 Å². The number of rotatable bonds is 7. The van der Waals surface area contributed by atoms with Crippen molar-refractivity contribution in [2.24, 2.45) is 0 Å². The molecule has 1 aromatic heterocycles. The maximum atomic E-state index is 12.5. The Labute approximate surface area is 156 Å². The molecule has 0 fully saturated rings. The highest BCUT2D eigenvalue weighted by atomic mass is 32.1. The number of nitrogens with one attached hydrogen (secondary N) is 1. The highest BCUT2D eigenvalue weighted by Crippen LogP contribution is 2.36. The quantitative estimate of drug-likeness (QED) is 0.712. The molecule has 1 aromatic carbocycles. The number of aromatic carboxylic acids is 1.